The molecule has 6 heteroatoms. The second kappa shape index (κ2) is 7.70. The molecule has 1 amide bonds. The SMILES string of the molecule is C[C@@H]1CNCCN1CC(=O)Nc1ccccc1Cl.Cl. The third-order valence-corrected chi connectivity index (χ3v) is 3.46. The van der Waals surface area contributed by atoms with E-state index in [0.29, 0.717) is 23.3 Å². The number of anilines is 1. The van der Waals surface area contributed by atoms with Crippen molar-refractivity contribution in [2.75, 3.05) is 31.5 Å². The minimum absolute atomic E-state index is 0. The zero-order valence-corrected chi connectivity index (χ0v) is 12.4. The summed E-state index contributed by atoms with van der Waals surface area (Å²) in [7, 11) is 0. The average molecular weight is 304 g/mol. The number of halogens is 2. The highest BCUT2D eigenvalue weighted by molar-refractivity contribution is 6.33. The van der Waals surface area contributed by atoms with Crippen LogP contribution in [0.5, 0.6) is 0 Å². The summed E-state index contributed by atoms with van der Waals surface area (Å²) in [5, 5.41) is 6.72. The molecule has 0 bridgehead atoms. The third-order valence-electron chi connectivity index (χ3n) is 3.13. The number of hydrogen-bond acceptors (Lipinski definition) is 3. The van der Waals surface area contributed by atoms with Gasteiger partial charge in [-0.3, -0.25) is 9.69 Å². The van der Waals surface area contributed by atoms with Crippen LogP contribution in [0, 0.1) is 0 Å². The molecule has 1 aromatic rings. The van der Waals surface area contributed by atoms with E-state index in [1.807, 2.05) is 12.1 Å². The quantitative estimate of drug-likeness (QED) is 0.897. The van der Waals surface area contributed by atoms with Crippen LogP contribution in [0.2, 0.25) is 5.02 Å². The van der Waals surface area contributed by atoms with Gasteiger partial charge in [-0.15, -0.1) is 12.4 Å². The topological polar surface area (TPSA) is 44.4 Å². The smallest absolute Gasteiger partial charge is 0.238 e. The van der Waals surface area contributed by atoms with Gasteiger partial charge in [0.1, 0.15) is 0 Å². The minimum atomic E-state index is -0.0168. The Morgan fingerprint density at radius 1 is 1.53 bits per heavy atom. The summed E-state index contributed by atoms with van der Waals surface area (Å²) in [5.41, 5.74) is 0.673. The molecule has 1 fully saturated rings. The Balaban J connectivity index is 0.00000180. The molecular formula is C13H19Cl2N3O. The van der Waals surface area contributed by atoms with Crippen LogP contribution < -0.4 is 10.6 Å². The lowest BCUT2D eigenvalue weighted by molar-refractivity contribution is -0.118. The van der Waals surface area contributed by atoms with Crippen molar-refractivity contribution in [1.29, 1.82) is 0 Å². The summed E-state index contributed by atoms with van der Waals surface area (Å²) in [6, 6.07) is 7.66. The molecule has 0 saturated carbocycles. The number of nitrogens with zero attached hydrogens (tertiary/aromatic N) is 1. The first kappa shape index (κ1) is 16.2. The van der Waals surface area contributed by atoms with E-state index in [-0.39, 0.29) is 18.3 Å². The fourth-order valence-corrected chi connectivity index (χ4v) is 2.24. The number of hydrogen-bond donors (Lipinski definition) is 2. The fraction of sp³-hybridized carbons (Fsp3) is 0.462. The Kier molecular flexibility index (Phi) is 6.58. The lowest BCUT2D eigenvalue weighted by Crippen LogP contribution is -2.51. The number of piperazine rings is 1. The first-order valence-corrected chi connectivity index (χ1v) is 6.54. The van der Waals surface area contributed by atoms with Gasteiger partial charge in [0, 0.05) is 25.7 Å². The average Bonchev–Trinajstić information content (AvgIpc) is 2.35. The summed E-state index contributed by atoms with van der Waals surface area (Å²) in [5.74, 6) is -0.0168. The predicted molar refractivity (Wildman–Crippen MR) is 81.2 cm³/mol. The monoisotopic (exact) mass is 303 g/mol. The molecule has 0 spiro atoms. The fourth-order valence-electron chi connectivity index (χ4n) is 2.05. The molecule has 19 heavy (non-hydrogen) atoms. The molecule has 1 aliphatic heterocycles. The van der Waals surface area contributed by atoms with E-state index in [1.54, 1.807) is 12.1 Å². The molecule has 1 heterocycles. The molecule has 1 saturated heterocycles. The molecule has 4 nitrogen and oxygen atoms in total. The van der Waals surface area contributed by atoms with Gasteiger partial charge in [-0.1, -0.05) is 23.7 Å². The van der Waals surface area contributed by atoms with Crippen molar-refractivity contribution in [2.45, 2.75) is 13.0 Å². The highest BCUT2D eigenvalue weighted by Crippen LogP contribution is 2.20. The third kappa shape index (κ3) is 4.66. The molecule has 1 aliphatic rings. The molecule has 0 aliphatic carbocycles. The largest absolute Gasteiger partial charge is 0.324 e. The Morgan fingerprint density at radius 3 is 2.95 bits per heavy atom. The van der Waals surface area contributed by atoms with E-state index in [0.717, 1.165) is 19.6 Å². The second-order valence-electron chi connectivity index (χ2n) is 4.55. The number of amides is 1. The van der Waals surface area contributed by atoms with Crippen LogP contribution in [0.4, 0.5) is 5.69 Å². The molecule has 106 valence electrons. The Morgan fingerprint density at radius 2 is 2.26 bits per heavy atom. The predicted octanol–water partition coefficient (Wildman–Crippen LogP) is 1.99. The van der Waals surface area contributed by atoms with Gasteiger partial charge in [-0.25, -0.2) is 0 Å². The second-order valence-corrected chi connectivity index (χ2v) is 4.96. The molecule has 0 radical (unpaired) electrons. The van der Waals surface area contributed by atoms with Crippen LogP contribution in [-0.2, 0) is 4.79 Å². The highest BCUT2D eigenvalue weighted by Gasteiger charge is 2.20. The zero-order chi connectivity index (χ0) is 13.0. The summed E-state index contributed by atoms with van der Waals surface area (Å²) in [6.45, 7) is 5.29. The van der Waals surface area contributed by atoms with E-state index < -0.39 is 0 Å². The Bertz CT molecular complexity index is 428. The molecule has 1 aromatic carbocycles. The Hall–Kier alpha value is -0.810. The summed E-state index contributed by atoms with van der Waals surface area (Å²) in [6.07, 6.45) is 0. The standard InChI is InChI=1S/C13H18ClN3O.ClH/c1-10-8-15-6-7-17(10)9-13(18)16-12-5-3-2-4-11(12)14;/h2-5,10,15H,6-9H2,1H3,(H,16,18);1H/t10-;/m1./s1. The van der Waals surface area contributed by atoms with Crippen molar-refractivity contribution >= 4 is 35.6 Å². The maximum absolute atomic E-state index is 11.9. The zero-order valence-electron chi connectivity index (χ0n) is 10.9. The van der Waals surface area contributed by atoms with Crippen LogP contribution in [0.3, 0.4) is 0 Å². The van der Waals surface area contributed by atoms with E-state index in [2.05, 4.69) is 22.5 Å². The summed E-state index contributed by atoms with van der Waals surface area (Å²) >= 11 is 6.00. The van der Waals surface area contributed by atoms with Crippen molar-refractivity contribution in [3.63, 3.8) is 0 Å². The number of benzene rings is 1. The van der Waals surface area contributed by atoms with E-state index in [1.165, 1.54) is 0 Å². The highest BCUT2D eigenvalue weighted by atomic mass is 35.5. The van der Waals surface area contributed by atoms with Crippen LogP contribution in [0.1, 0.15) is 6.92 Å². The first-order valence-electron chi connectivity index (χ1n) is 6.16. The molecular weight excluding hydrogens is 285 g/mol. The lowest BCUT2D eigenvalue weighted by atomic mass is 10.2. The summed E-state index contributed by atoms with van der Waals surface area (Å²) < 4.78 is 0. The van der Waals surface area contributed by atoms with Crippen LogP contribution >= 0.6 is 24.0 Å². The van der Waals surface area contributed by atoms with Crippen molar-refractivity contribution < 1.29 is 4.79 Å². The van der Waals surface area contributed by atoms with Gasteiger partial charge in [0.05, 0.1) is 17.3 Å². The number of rotatable bonds is 3. The van der Waals surface area contributed by atoms with Crippen molar-refractivity contribution in [3.05, 3.63) is 29.3 Å². The lowest BCUT2D eigenvalue weighted by Gasteiger charge is -2.33. The first-order chi connectivity index (χ1) is 8.66. The molecule has 0 unspecified atom stereocenters. The van der Waals surface area contributed by atoms with Gasteiger partial charge in [0.25, 0.3) is 0 Å². The van der Waals surface area contributed by atoms with Gasteiger partial charge in [0.2, 0.25) is 5.91 Å². The number of nitrogens with one attached hydrogen (secondary N) is 2. The van der Waals surface area contributed by atoms with Crippen LogP contribution in [0.15, 0.2) is 24.3 Å². The summed E-state index contributed by atoms with van der Waals surface area (Å²) in [4.78, 5) is 14.1. The van der Waals surface area contributed by atoms with Gasteiger partial charge in [-0.05, 0) is 19.1 Å². The number of para-hydroxylation sites is 1. The normalized spacial score (nSPS) is 19.6. The minimum Gasteiger partial charge on any atom is -0.324 e. The maximum Gasteiger partial charge on any atom is 0.238 e. The van der Waals surface area contributed by atoms with Crippen LogP contribution in [0.25, 0.3) is 0 Å². The van der Waals surface area contributed by atoms with E-state index in [4.69, 9.17) is 11.6 Å². The van der Waals surface area contributed by atoms with Crippen LogP contribution in [-0.4, -0.2) is 43.0 Å². The van der Waals surface area contributed by atoms with Crippen molar-refractivity contribution in [1.82, 2.24) is 10.2 Å². The van der Waals surface area contributed by atoms with Gasteiger partial charge >= 0.3 is 0 Å². The van der Waals surface area contributed by atoms with E-state index >= 15 is 0 Å². The maximum atomic E-state index is 11.9. The van der Waals surface area contributed by atoms with E-state index in [9.17, 15) is 4.79 Å². The number of carbonyl (C=O) groups is 1. The van der Waals surface area contributed by atoms with Crippen molar-refractivity contribution in [2.24, 2.45) is 0 Å². The number of carbonyl (C=O) groups excluding carboxylic acids is 1. The van der Waals surface area contributed by atoms with Gasteiger partial charge in [0.15, 0.2) is 0 Å². The Labute approximate surface area is 124 Å². The van der Waals surface area contributed by atoms with Crippen molar-refractivity contribution in [3.8, 4) is 0 Å². The molecule has 2 N–H and O–H groups in total. The van der Waals surface area contributed by atoms with Gasteiger partial charge in [-0.2, -0.15) is 0 Å². The molecule has 2 rings (SSSR count). The molecule has 1 atom stereocenters. The molecule has 0 aromatic heterocycles. The van der Waals surface area contributed by atoms with Gasteiger partial charge < -0.3 is 10.6 Å².